The summed E-state index contributed by atoms with van der Waals surface area (Å²) in [4.78, 5) is 20.5. The second kappa shape index (κ2) is 7.66. The molecule has 0 spiro atoms. The van der Waals surface area contributed by atoms with Gasteiger partial charge in [0.05, 0.1) is 0 Å². The highest BCUT2D eigenvalue weighted by molar-refractivity contribution is 6.31. The number of carbonyl (C=O) groups is 1. The van der Waals surface area contributed by atoms with E-state index in [4.69, 9.17) is 20.9 Å². The highest BCUT2D eigenvalue weighted by Gasteiger charge is 2.18. The van der Waals surface area contributed by atoms with E-state index >= 15 is 0 Å². The van der Waals surface area contributed by atoms with Crippen LogP contribution in [0.15, 0.2) is 59.4 Å². The quantitative estimate of drug-likeness (QED) is 0.543. The fourth-order valence-electron chi connectivity index (χ4n) is 2.73. The molecule has 0 unspecified atom stereocenters. The van der Waals surface area contributed by atoms with E-state index in [9.17, 15) is 4.79 Å². The highest BCUT2D eigenvalue weighted by atomic mass is 35.5. The number of benzene rings is 2. The van der Waals surface area contributed by atoms with Crippen LogP contribution in [0.2, 0.25) is 5.02 Å². The summed E-state index contributed by atoms with van der Waals surface area (Å²) in [5.41, 5.74) is 3.09. The molecular weight excluding hydrogens is 380 g/mol. The number of halogens is 1. The van der Waals surface area contributed by atoms with Gasteiger partial charge in [-0.05, 0) is 24.6 Å². The van der Waals surface area contributed by atoms with Crippen molar-refractivity contribution in [2.24, 2.45) is 0 Å². The minimum absolute atomic E-state index is 0.225. The molecule has 7 nitrogen and oxygen atoms in total. The van der Waals surface area contributed by atoms with Crippen LogP contribution in [0.25, 0.3) is 22.4 Å². The summed E-state index contributed by atoms with van der Waals surface area (Å²) in [6, 6.07) is 14.8. The summed E-state index contributed by atoms with van der Waals surface area (Å²) in [7, 11) is 0. The maximum absolute atomic E-state index is 12.3. The van der Waals surface area contributed by atoms with Gasteiger partial charge >= 0.3 is 0 Å². The van der Waals surface area contributed by atoms with Crippen LogP contribution in [0.5, 0.6) is 5.88 Å². The Hall–Kier alpha value is -3.45. The maximum Gasteiger partial charge on any atom is 0.265 e. The Morgan fingerprint density at radius 3 is 2.79 bits per heavy atom. The monoisotopic (exact) mass is 394 g/mol. The third-order valence-corrected chi connectivity index (χ3v) is 4.58. The Kier molecular flexibility index (Phi) is 4.90. The first-order chi connectivity index (χ1) is 13.6. The van der Waals surface area contributed by atoms with Gasteiger partial charge in [0.1, 0.15) is 17.4 Å². The van der Waals surface area contributed by atoms with E-state index < -0.39 is 0 Å². The molecule has 140 valence electrons. The van der Waals surface area contributed by atoms with Gasteiger partial charge in [0, 0.05) is 16.3 Å². The van der Waals surface area contributed by atoms with E-state index in [-0.39, 0.29) is 24.1 Å². The molecule has 28 heavy (non-hydrogen) atoms. The van der Waals surface area contributed by atoms with Gasteiger partial charge in [-0.2, -0.15) is 4.98 Å². The van der Waals surface area contributed by atoms with Crippen LogP contribution in [-0.4, -0.2) is 27.6 Å². The number of nitrogens with one attached hydrogen (secondary N) is 1. The molecule has 2 aromatic heterocycles. The summed E-state index contributed by atoms with van der Waals surface area (Å²) in [5.74, 6) is -0.113. The van der Waals surface area contributed by atoms with Crippen molar-refractivity contribution in [2.75, 3.05) is 11.9 Å². The topological polar surface area (TPSA) is 90.1 Å². The van der Waals surface area contributed by atoms with Crippen molar-refractivity contribution in [1.29, 1.82) is 0 Å². The van der Waals surface area contributed by atoms with Gasteiger partial charge in [0.15, 0.2) is 6.61 Å². The van der Waals surface area contributed by atoms with Crippen molar-refractivity contribution in [3.63, 3.8) is 0 Å². The third-order valence-electron chi connectivity index (χ3n) is 4.17. The molecule has 0 aliphatic carbocycles. The molecule has 8 heteroatoms. The fraction of sp³-hybridized carbons (Fsp3) is 0.100. The standard InChI is InChI=1S/C20H15ClN4O3/c1-12-14(21)8-5-9-15(12)24-16(26)10-27-19-17-18(13-6-3-2-4-7-13)25-28-20(17)23-11-22-19/h2-9,11H,10H2,1H3,(H,24,26). The Labute approximate surface area is 165 Å². The smallest absolute Gasteiger partial charge is 0.265 e. The Morgan fingerprint density at radius 2 is 1.96 bits per heavy atom. The van der Waals surface area contributed by atoms with Crippen LogP contribution in [0.4, 0.5) is 5.69 Å². The second-order valence-electron chi connectivity index (χ2n) is 6.01. The number of aromatic nitrogens is 3. The highest BCUT2D eigenvalue weighted by Crippen LogP contribution is 2.32. The lowest BCUT2D eigenvalue weighted by atomic mass is 10.1. The number of fused-ring (bicyclic) bond motifs is 1. The molecule has 1 N–H and O–H groups in total. The maximum atomic E-state index is 12.3. The van der Waals surface area contributed by atoms with Crippen molar-refractivity contribution >= 4 is 34.3 Å². The number of rotatable bonds is 5. The largest absolute Gasteiger partial charge is 0.467 e. The first-order valence-corrected chi connectivity index (χ1v) is 8.85. The van der Waals surface area contributed by atoms with Crippen molar-refractivity contribution in [2.45, 2.75) is 6.92 Å². The summed E-state index contributed by atoms with van der Waals surface area (Å²) in [6.07, 6.45) is 1.30. The molecule has 4 rings (SSSR count). The molecule has 0 radical (unpaired) electrons. The van der Waals surface area contributed by atoms with Crippen LogP contribution >= 0.6 is 11.6 Å². The predicted octanol–water partition coefficient (Wildman–Crippen LogP) is 4.26. The number of anilines is 1. The average molecular weight is 395 g/mol. The first kappa shape index (κ1) is 17.9. The van der Waals surface area contributed by atoms with Gasteiger partial charge in [0.25, 0.3) is 11.6 Å². The van der Waals surface area contributed by atoms with Crippen LogP contribution in [-0.2, 0) is 4.79 Å². The molecule has 2 heterocycles. The van der Waals surface area contributed by atoms with E-state index in [0.29, 0.717) is 21.8 Å². The zero-order chi connectivity index (χ0) is 19.5. The number of amides is 1. The minimum atomic E-state index is -0.338. The first-order valence-electron chi connectivity index (χ1n) is 8.47. The van der Waals surface area contributed by atoms with Gasteiger partial charge < -0.3 is 14.6 Å². The number of ether oxygens (including phenoxy) is 1. The summed E-state index contributed by atoms with van der Waals surface area (Å²) >= 11 is 6.08. The normalized spacial score (nSPS) is 10.8. The van der Waals surface area contributed by atoms with Crippen molar-refractivity contribution in [1.82, 2.24) is 15.1 Å². The van der Waals surface area contributed by atoms with E-state index in [2.05, 4.69) is 20.4 Å². The van der Waals surface area contributed by atoms with Crippen LogP contribution in [0.1, 0.15) is 5.56 Å². The van der Waals surface area contributed by atoms with Gasteiger partial charge in [0.2, 0.25) is 5.88 Å². The lowest BCUT2D eigenvalue weighted by molar-refractivity contribution is -0.118. The Bertz CT molecular complexity index is 1140. The molecule has 0 saturated heterocycles. The number of hydrogen-bond acceptors (Lipinski definition) is 6. The average Bonchev–Trinajstić information content (AvgIpc) is 3.15. The SMILES string of the molecule is Cc1c(Cl)cccc1NC(=O)COc1ncnc2onc(-c3ccccc3)c12. The lowest BCUT2D eigenvalue weighted by Crippen LogP contribution is -2.21. The van der Waals surface area contributed by atoms with Crippen LogP contribution in [0.3, 0.4) is 0 Å². The Morgan fingerprint density at radius 1 is 1.14 bits per heavy atom. The van der Waals surface area contributed by atoms with Crippen molar-refractivity contribution in [3.05, 3.63) is 65.4 Å². The molecule has 2 aromatic carbocycles. The summed E-state index contributed by atoms with van der Waals surface area (Å²) in [6.45, 7) is 1.59. The lowest BCUT2D eigenvalue weighted by Gasteiger charge is -2.10. The van der Waals surface area contributed by atoms with Gasteiger partial charge in [-0.1, -0.05) is 53.2 Å². The fourth-order valence-corrected chi connectivity index (χ4v) is 2.90. The van der Waals surface area contributed by atoms with Crippen LogP contribution < -0.4 is 10.1 Å². The zero-order valence-corrected chi connectivity index (χ0v) is 15.6. The molecule has 0 saturated carbocycles. The molecule has 0 aliphatic heterocycles. The Balaban J connectivity index is 1.56. The zero-order valence-electron chi connectivity index (χ0n) is 14.8. The predicted molar refractivity (Wildman–Crippen MR) is 105 cm³/mol. The van der Waals surface area contributed by atoms with Crippen LogP contribution in [0, 0.1) is 6.92 Å². The molecule has 0 atom stereocenters. The molecule has 0 aliphatic rings. The molecule has 1 amide bonds. The van der Waals surface area contributed by atoms with Gasteiger partial charge in [-0.15, -0.1) is 0 Å². The summed E-state index contributed by atoms with van der Waals surface area (Å²) < 4.78 is 10.9. The number of nitrogens with zero attached hydrogens (tertiary/aromatic N) is 3. The van der Waals surface area contributed by atoms with Gasteiger partial charge in [-0.3, -0.25) is 4.79 Å². The number of carbonyl (C=O) groups excluding carboxylic acids is 1. The molecule has 0 fully saturated rings. The minimum Gasteiger partial charge on any atom is -0.467 e. The summed E-state index contributed by atoms with van der Waals surface area (Å²) in [5, 5.41) is 7.94. The van der Waals surface area contributed by atoms with E-state index in [0.717, 1.165) is 11.1 Å². The van der Waals surface area contributed by atoms with Crippen molar-refractivity contribution in [3.8, 4) is 17.1 Å². The third kappa shape index (κ3) is 3.52. The molecular formula is C20H15ClN4O3. The molecule has 4 aromatic rings. The second-order valence-corrected chi connectivity index (χ2v) is 6.41. The van der Waals surface area contributed by atoms with E-state index in [1.54, 1.807) is 18.2 Å². The van der Waals surface area contributed by atoms with E-state index in [1.807, 2.05) is 37.3 Å². The van der Waals surface area contributed by atoms with Gasteiger partial charge in [-0.25, -0.2) is 4.98 Å². The van der Waals surface area contributed by atoms with Crippen molar-refractivity contribution < 1.29 is 14.1 Å². The number of hydrogen-bond donors (Lipinski definition) is 1. The molecule has 0 bridgehead atoms. The van der Waals surface area contributed by atoms with E-state index in [1.165, 1.54) is 6.33 Å².